The molecule has 0 aromatic heterocycles. The van der Waals surface area contributed by atoms with Crippen LogP contribution in [0, 0.1) is 11.8 Å². The first-order chi connectivity index (χ1) is 5.77. The summed E-state index contributed by atoms with van der Waals surface area (Å²) in [6, 6.07) is 0.980. The van der Waals surface area contributed by atoms with Gasteiger partial charge in [0.05, 0.1) is 0 Å². The smallest absolute Gasteiger partial charge is 0.0107 e. The van der Waals surface area contributed by atoms with Gasteiger partial charge in [0.15, 0.2) is 0 Å². The minimum atomic E-state index is 0.906. The highest BCUT2D eigenvalue weighted by Gasteiger charge is 2.31. The largest absolute Gasteiger partial charge is 0.300 e. The molecule has 1 nitrogen and oxygen atoms in total. The molecule has 1 heteroatoms. The van der Waals surface area contributed by atoms with Gasteiger partial charge in [-0.1, -0.05) is 13.8 Å². The van der Waals surface area contributed by atoms with E-state index in [0.29, 0.717) is 0 Å². The molecule has 0 radical (unpaired) electrons. The van der Waals surface area contributed by atoms with Crippen molar-refractivity contribution in [2.24, 2.45) is 11.8 Å². The van der Waals surface area contributed by atoms with Gasteiger partial charge in [0.1, 0.15) is 0 Å². The van der Waals surface area contributed by atoms with E-state index in [1.165, 1.54) is 38.8 Å². The molecule has 0 aromatic carbocycles. The van der Waals surface area contributed by atoms with Crippen molar-refractivity contribution in [3.8, 4) is 0 Å². The van der Waals surface area contributed by atoms with E-state index < -0.39 is 0 Å². The van der Waals surface area contributed by atoms with E-state index in [0.717, 1.165) is 17.9 Å². The Morgan fingerprint density at radius 1 is 1.00 bits per heavy atom. The van der Waals surface area contributed by atoms with Crippen LogP contribution in [0.3, 0.4) is 0 Å². The lowest BCUT2D eigenvalue weighted by Gasteiger charge is -2.39. The van der Waals surface area contributed by atoms with Crippen LogP contribution in [0.15, 0.2) is 0 Å². The molecule has 0 bridgehead atoms. The molecule has 2 aliphatic heterocycles. The summed E-state index contributed by atoms with van der Waals surface area (Å²) in [6.07, 6.45) is 5.89. The standard InChI is InChI=1S/C11H21N/c1-9(2)10-3-4-11-6-8-12(11)7-5-10/h9-11H,3-8H2,1-2H3. The number of hydrogen-bond donors (Lipinski definition) is 0. The summed E-state index contributed by atoms with van der Waals surface area (Å²) in [7, 11) is 0. The van der Waals surface area contributed by atoms with Gasteiger partial charge in [0.25, 0.3) is 0 Å². The van der Waals surface area contributed by atoms with Crippen molar-refractivity contribution in [2.75, 3.05) is 13.1 Å². The molecule has 2 atom stereocenters. The normalized spacial score (nSPS) is 37.2. The molecule has 0 aromatic rings. The fourth-order valence-corrected chi connectivity index (χ4v) is 2.66. The van der Waals surface area contributed by atoms with Crippen molar-refractivity contribution < 1.29 is 0 Å². The van der Waals surface area contributed by atoms with Gasteiger partial charge < -0.3 is 4.90 Å². The van der Waals surface area contributed by atoms with E-state index in [9.17, 15) is 0 Å². The number of fused-ring (bicyclic) bond motifs is 1. The van der Waals surface area contributed by atoms with Gasteiger partial charge in [-0.15, -0.1) is 0 Å². The Balaban J connectivity index is 1.88. The van der Waals surface area contributed by atoms with Crippen molar-refractivity contribution in [1.82, 2.24) is 4.90 Å². The van der Waals surface area contributed by atoms with Crippen LogP contribution in [0.25, 0.3) is 0 Å². The Morgan fingerprint density at radius 2 is 1.75 bits per heavy atom. The molecular formula is C11H21N. The van der Waals surface area contributed by atoms with Gasteiger partial charge in [-0.25, -0.2) is 0 Å². The van der Waals surface area contributed by atoms with E-state index in [1.54, 1.807) is 0 Å². The Labute approximate surface area is 76.1 Å². The van der Waals surface area contributed by atoms with Gasteiger partial charge in [-0.3, -0.25) is 0 Å². The third-order valence-electron chi connectivity index (χ3n) is 3.87. The Kier molecular flexibility index (Phi) is 2.40. The third kappa shape index (κ3) is 1.52. The molecule has 0 saturated carbocycles. The molecule has 2 rings (SSSR count). The lowest BCUT2D eigenvalue weighted by atomic mass is 9.88. The molecule has 2 saturated heterocycles. The number of rotatable bonds is 1. The summed E-state index contributed by atoms with van der Waals surface area (Å²) >= 11 is 0. The van der Waals surface area contributed by atoms with E-state index in [4.69, 9.17) is 0 Å². The Morgan fingerprint density at radius 3 is 2.33 bits per heavy atom. The fraction of sp³-hybridized carbons (Fsp3) is 1.00. The highest BCUT2D eigenvalue weighted by molar-refractivity contribution is 4.86. The van der Waals surface area contributed by atoms with Crippen LogP contribution in [-0.2, 0) is 0 Å². The minimum absolute atomic E-state index is 0.906. The maximum atomic E-state index is 2.68. The second kappa shape index (κ2) is 3.37. The minimum Gasteiger partial charge on any atom is -0.300 e. The van der Waals surface area contributed by atoms with Crippen LogP contribution >= 0.6 is 0 Å². The van der Waals surface area contributed by atoms with Gasteiger partial charge in [0, 0.05) is 6.04 Å². The summed E-state index contributed by atoms with van der Waals surface area (Å²) in [5, 5.41) is 0. The maximum absolute atomic E-state index is 2.68. The highest BCUT2D eigenvalue weighted by atomic mass is 15.2. The molecule has 0 aliphatic carbocycles. The molecule has 70 valence electrons. The summed E-state index contributed by atoms with van der Waals surface area (Å²) < 4.78 is 0. The predicted octanol–water partition coefficient (Wildman–Crippen LogP) is 2.52. The molecule has 2 unspecified atom stereocenters. The molecule has 2 aliphatic rings. The van der Waals surface area contributed by atoms with Gasteiger partial charge in [0.2, 0.25) is 0 Å². The van der Waals surface area contributed by atoms with Crippen molar-refractivity contribution in [1.29, 1.82) is 0 Å². The lowest BCUT2D eigenvalue weighted by Crippen LogP contribution is -2.46. The van der Waals surface area contributed by atoms with Crippen LogP contribution in [0.1, 0.15) is 39.5 Å². The van der Waals surface area contributed by atoms with Crippen LogP contribution in [0.5, 0.6) is 0 Å². The molecule has 0 amide bonds. The summed E-state index contributed by atoms with van der Waals surface area (Å²) in [4.78, 5) is 2.68. The van der Waals surface area contributed by atoms with Gasteiger partial charge in [-0.05, 0) is 50.6 Å². The zero-order valence-electron chi connectivity index (χ0n) is 8.42. The first-order valence-corrected chi connectivity index (χ1v) is 5.51. The topological polar surface area (TPSA) is 3.24 Å². The third-order valence-corrected chi connectivity index (χ3v) is 3.87. The molecule has 0 spiro atoms. The second-order valence-corrected chi connectivity index (χ2v) is 4.85. The van der Waals surface area contributed by atoms with Crippen molar-refractivity contribution >= 4 is 0 Å². The number of nitrogens with zero attached hydrogens (tertiary/aromatic N) is 1. The quantitative estimate of drug-likeness (QED) is 0.580. The summed E-state index contributed by atoms with van der Waals surface area (Å²) in [5.74, 6) is 1.92. The van der Waals surface area contributed by atoms with Gasteiger partial charge >= 0.3 is 0 Å². The monoisotopic (exact) mass is 167 g/mol. The molecule has 12 heavy (non-hydrogen) atoms. The van der Waals surface area contributed by atoms with E-state index in [1.807, 2.05) is 0 Å². The first kappa shape index (κ1) is 8.55. The van der Waals surface area contributed by atoms with E-state index in [2.05, 4.69) is 18.7 Å². The molecular weight excluding hydrogens is 146 g/mol. The first-order valence-electron chi connectivity index (χ1n) is 5.51. The van der Waals surface area contributed by atoms with Gasteiger partial charge in [-0.2, -0.15) is 0 Å². The molecule has 0 N–H and O–H groups in total. The Hall–Kier alpha value is -0.0400. The van der Waals surface area contributed by atoms with Crippen LogP contribution < -0.4 is 0 Å². The van der Waals surface area contributed by atoms with Crippen LogP contribution in [-0.4, -0.2) is 24.0 Å². The zero-order chi connectivity index (χ0) is 8.55. The predicted molar refractivity (Wildman–Crippen MR) is 52.2 cm³/mol. The highest BCUT2D eigenvalue weighted by Crippen LogP contribution is 2.32. The molecule has 2 fully saturated rings. The summed E-state index contributed by atoms with van der Waals surface area (Å²) in [6.45, 7) is 7.53. The van der Waals surface area contributed by atoms with Crippen molar-refractivity contribution in [3.05, 3.63) is 0 Å². The van der Waals surface area contributed by atoms with Crippen LogP contribution in [0.2, 0.25) is 0 Å². The average Bonchev–Trinajstić information content (AvgIpc) is 2.10. The molecule has 2 heterocycles. The van der Waals surface area contributed by atoms with Crippen LogP contribution in [0.4, 0.5) is 0 Å². The average molecular weight is 167 g/mol. The Bertz CT molecular complexity index is 139. The SMILES string of the molecule is CC(C)C1CCC2CCN2CC1. The van der Waals surface area contributed by atoms with E-state index >= 15 is 0 Å². The summed E-state index contributed by atoms with van der Waals surface area (Å²) in [5.41, 5.74) is 0. The lowest BCUT2D eigenvalue weighted by molar-refractivity contribution is 0.0943. The zero-order valence-corrected chi connectivity index (χ0v) is 8.42. The van der Waals surface area contributed by atoms with E-state index in [-0.39, 0.29) is 0 Å². The van der Waals surface area contributed by atoms with Crippen molar-refractivity contribution in [3.63, 3.8) is 0 Å². The fourth-order valence-electron chi connectivity index (χ4n) is 2.66. The second-order valence-electron chi connectivity index (χ2n) is 4.85. The number of hydrogen-bond acceptors (Lipinski definition) is 1. The van der Waals surface area contributed by atoms with Crippen molar-refractivity contribution in [2.45, 2.75) is 45.6 Å². The maximum Gasteiger partial charge on any atom is 0.0107 e.